The standard InChI is InChI=1S/C14H12ClNO2S/c1-10-5-2-3-6-11(10)9-19-13-8-4-7-12(15)14(13)16(17)18/h2-8H,9H2,1H3. The lowest BCUT2D eigenvalue weighted by molar-refractivity contribution is -0.387. The second-order valence-electron chi connectivity index (χ2n) is 4.06. The lowest BCUT2D eigenvalue weighted by Gasteiger charge is -2.06. The molecule has 0 fully saturated rings. The van der Waals surface area contributed by atoms with Gasteiger partial charge >= 0.3 is 5.69 Å². The number of rotatable bonds is 4. The lowest BCUT2D eigenvalue weighted by atomic mass is 10.1. The van der Waals surface area contributed by atoms with Crippen LogP contribution in [0.1, 0.15) is 11.1 Å². The number of nitro benzene ring substituents is 1. The van der Waals surface area contributed by atoms with Crippen molar-refractivity contribution in [2.45, 2.75) is 17.6 Å². The molecule has 0 bridgehead atoms. The number of hydrogen-bond donors (Lipinski definition) is 0. The Bertz CT molecular complexity index is 616. The van der Waals surface area contributed by atoms with Crippen molar-refractivity contribution in [3.8, 4) is 0 Å². The fourth-order valence-corrected chi connectivity index (χ4v) is 3.15. The summed E-state index contributed by atoms with van der Waals surface area (Å²) in [4.78, 5) is 11.2. The molecule has 98 valence electrons. The maximum atomic E-state index is 11.0. The third-order valence-corrected chi connectivity index (χ3v) is 4.18. The van der Waals surface area contributed by atoms with Crippen LogP contribution in [0, 0.1) is 17.0 Å². The minimum absolute atomic E-state index is 0.0113. The van der Waals surface area contributed by atoms with Gasteiger partial charge in [-0.15, -0.1) is 11.8 Å². The topological polar surface area (TPSA) is 43.1 Å². The van der Waals surface area contributed by atoms with Gasteiger partial charge in [-0.25, -0.2) is 0 Å². The van der Waals surface area contributed by atoms with Crippen LogP contribution in [0.25, 0.3) is 0 Å². The summed E-state index contributed by atoms with van der Waals surface area (Å²) >= 11 is 7.31. The number of aryl methyl sites for hydroxylation is 1. The van der Waals surface area contributed by atoms with E-state index in [4.69, 9.17) is 11.6 Å². The SMILES string of the molecule is Cc1ccccc1CSc1cccc(Cl)c1[N+](=O)[O-]. The highest BCUT2D eigenvalue weighted by molar-refractivity contribution is 7.98. The van der Waals surface area contributed by atoms with Crippen molar-refractivity contribution in [3.05, 3.63) is 68.7 Å². The molecule has 2 aromatic rings. The number of hydrogen-bond acceptors (Lipinski definition) is 3. The predicted molar refractivity (Wildman–Crippen MR) is 78.8 cm³/mol. The van der Waals surface area contributed by atoms with Gasteiger partial charge in [0.05, 0.1) is 9.82 Å². The van der Waals surface area contributed by atoms with Crippen molar-refractivity contribution in [3.63, 3.8) is 0 Å². The first-order chi connectivity index (χ1) is 9.09. The van der Waals surface area contributed by atoms with Gasteiger partial charge in [0, 0.05) is 5.75 Å². The Kier molecular flexibility index (Phi) is 4.45. The van der Waals surface area contributed by atoms with Gasteiger partial charge in [0.15, 0.2) is 0 Å². The Balaban J connectivity index is 2.23. The van der Waals surface area contributed by atoms with Crippen LogP contribution in [0.5, 0.6) is 0 Å². The zero-order chi connectivity index (χ0) is 13.8. The normalized spacial score (nSPS) is 10.4. The highest BCUT2D eigenvalue weighted by Gasteiger charge is 2.18. The van der Waals surface area contributed by atoms with Crippen LogP contribution < -0.4 is 0 Å². The van der Waals surface area contributed by atoms with Crippen molar-refractivity contribution < 1.29 is 4.92 Å². The van der Waals surface area contributed by atoms with E-state index in [1.54, 1.807) is 12.1 Å². The molecular formula is C14H12ClNO2S. The summed E-state index contributed by atoms with van der Waals surface area (Å²) in [7, 11) is 0. The number of halogens is 1. The molecule has 0 N–H and O–H groups in total. The summed E-state index contributed by atoms with van der Waals surface area (Å²) in [5.41, 5.74) is 2.34. The average molecular weight is 294 g/mol. The largest absolute Gasteiger partial charge is 0.301 e. The van der Waals surface area contributed by atoms with E-state index in [1.807, 2.05) is 31.2 Å². The second kappa shape index (κ2) is 6.08. The maximum Gasteiger partial charge on any atom is 0.301 e. The van der Waals surface area contributed by atoms with Crippen molar-refractivity contribution in [1.29, 1.82) is 0 Å². The minimum atomic E-state index is -0.428. The summed E-state index contributed by atoms with van der Waals surface area (Å²) < 4.78 is 0. The van der Waals surface area contributed by atoms with Gasteiger partial charge in [-0.3, -0.25) is 10.1 Å². The van der Waals surface area contributed by atoms with E-state index in [9.17, 15) is 10.1 Å². The summed E-state index contributed by atoms with van der Waals surface area (Å²) in [6, 6.07) is 13.0. The molecule has 0 aromatic heterocycles. The van der Waals surface area contributed by atoms with Crippen LogP contribution in [-0.2, 0) is 5.75 Å². The molecule has 3 nitrogen and oxygen atoms in total. The molecule has 19 heavy (non-hydrogen) atoms. The number of thioether (sulfide) groups is 1. The van der Waals surface area contributed by atoms with E-state index in [0.717, 1.165) is 0 Å². The van der Waals surface area contributed by atoms with Crippen LogP contribution in [-0.4, -0.2) is 4.92 Å². The molecule has 0 saturated heterocycles. The number of nitrogens with zero attached hydrogens (tertiary/aromatic N) is 1. The van der Waals surface area contributed by atoms with Gasteiger partial charge in [-0.2, -0.15) is 0 Å². The van der Waals surface area contributed by atoms with Crippen LogP contribution in [0.3, 0.4) is 0 Å². The summed E-state index contributed by atoms with van der Waals surface area (Å²) in [6.07, 6.45) is 0. The van der Waals surface area contributed by atoms with Gasteiger partial charge in [0.2, 0.25) is 0 Å². The number of benzene rings is 2. The fraction of sp³-hybridized carbons (Fsp3) is 0.143. The van der Waals surface area contributed by atoms with Crippen LogP contribution in [0.4, 0.5) is 5.69 Å². The number of nitro groups is 1. The monoisotopic (exact) mass is 293 g/mol. The van der Waals surface area contributed by atoms with Crippen molar-refractivity contribution in [1.82, 2.24) is 0 Å². The molecular weight excluding hydrogens is 282 g/mol. The molecule has 0 spiro atoms. The maximum absolute atomic E-state index is 11.0. The minimum Gasteiger partial charge on any atom is -0.258 e. The first kappa shape index (κ1) is 13.9. The molecule has 0 atom stereocenters. The molecule has 2 rings (SSSR count). The highest BCUT2D eigenvalue weighted by atomic mass is 35.5. The van der Waals surface area contributed by atoms with Gasteiger partial charge in [-0.1, -0.05) is 41.9 Å². The van der Waals surface area contributed by atoms with Crippen LogP contribution >= 0.6 is 23.4 Å². The Labute approximate surface area is 120 Å². The zero-order valence-electron chi connectivity index (χ0n) is 10.3. The molecule has 0 unspecified atom stereocenters. The summed E-state index contributed by atoms with van der Waals surface area (Å²) in [5.74, 6) is 0.688. The van der Waals surface area contributed by atoms with Crippen LogP contribution in [0.2, 0.25) is 5.02 Å². The van der Waals surface area contributed by atoms with Gasteiger partial charge in [0.25, 0.3) is 0 Å². The van der Waals surface area contributed by atoms with Gasteiger partial charge < -0.3 is 0 Å². The quantitative estimate of drug-likeness (QED) is 0.460. The van der Waals surface area contributed by atoms with E-state index in [2.05, 4.69) is 0 Å². The molecule has 0 aliphatic carbocycles. The van der Waals surface area contributed by atoms with Gasteiger partial charge in [-0.05, 0) is 30.2 Å². The van der Waals surface area contributed by atoms with E-state index in [-0.39, 0.29) is 10.7 Å². The second-order valence-corrected chi connectivity index (χ2v) is 5.48. The van der Waals surface area contributed by atoms with Gasteiger partial charge in [0.1, 0.15) is 5.02 Å². The Morgan fingerprint density at radius 1 is 1.21 bits per heavy atom. The number of para-hydroxylation sites is 1. The van der Waals surface area contributed by atoms with Crippen molar-refractivity contribution in [2.75, 3.05) is 0 Å². The Morgan fingerprint density at radius 3 is 2.63 bits per heavy atom. The Hall–Kier alpha value is -1.52. The average Bonchev–Trinajstić information content (AvgIpc) is 2.37. The Morgan fingerprint density at radius 2 is 1.95 bits per heavy atom. The summed E-state index contributed by atoms with van der Waals surface area (Å²) in [5, 5.41) is 11.2. The summed E-state index contributed by atoms with van der Waals surface area (Å²) in [6.45, 7) is 2.03. The lowest BCUT2D eigenvalue weighted by Crippen LogP contribution is -1.93. The molecule has 0 aliphatic heterocycles. The van der Waals surface area contributed by atoms with E-state index in [1.165, 1.54) is 29.0 Å². The third-order valence-electron chi connectivity index (χ3n) is 2.78. The molecule has 0 aliphatic rings. The van der Waals surface area contributed by atoms with E-state index >= 15 is 0 Å². The molecule has 0 radical (unpaired) electrons. The fourth-order valence-electron chi connectivity index (χ4n) is 1.72. The molecule has 2 aromatic carbocycles. The molecule has 0 heterocycles. The van der Waals surface area contributed by atoms with Crippen LogP contribution in [0.15, 0.2) is 47.4 Å². The van der Waals surface area contributed by atoms with E-state index in [0.29, 0.717) is 10.6 Å². The first-order valence-corrected chi connectivity index (χ1v) is 7.06. The first-order valence-electron chi connectivity index (χ1n) is 5.70. The van der Waals surface area contributed by atoms with Crippen molar-refractivity contribution >= 4 is 29.1 Å². The predicted octanol–water partition coefficient (Wildman–Crippen LogP) is 4.85. The third kappa shape index (κ3) is 3.28. The molecule has 0 amide bonds. The van der Waals surface area contributed by atoms with E-state index < -0.39 is 4.92 Å². The molecule has 5 heteroatoms. The van der Waals surface area contributed by atoms with Crippen molar-refractivity contribution in [2.24, 2.45) is 0 Å². The smallest absolute Gasteiger partial charge is 0.258 e. The zero-order valence-corrected chi connectivity index (χ0v) is 11.9. The molecule has 0 saturated carbocycles. The highest BCUT2D eigenvalue weighted by Crippen LogP contribution is 2.36.